The fourth-order valence-electron chi connectivity index (χ4n) is 2.62. The van der Waals surface area contributed by atoms with Crippen LogP contribution >= 0.6 is 0 Å². The van der Waals surface area contributed by atoms with Crippen molar-refractivity contribution in [1.82, 2.24) is 4.90 Å². The molecule has 1 heterocycles. The first-order valence-electron chi connectivity index (χ1n) is 6.62. The van der Waals surface area contributed by atoms with Crippen molar-refractivity contribution in [3.05, 3.63) is 0 Å². The van der Waals surface area contributed by atoms with Crippen molar-refractivity contribution in [2.45, 2.75) is 27.2 Å². The van der Waals surface area contributed by atoms with Crippen molar-refractivity contribution in [3.8, 4) is 0 Å². The minimum Gasteiger partial charge on any atom is -0.477 e. The van der Waals surface area contributed by atoms with Gasteiger partial charge in [-0.1, -0.05) is 13.8 Å². The van der Waals surface area contributed by atoms with Crippen LogP contribution < -0.4 is 0 Å². The second-order valence-corrected chi connectivity index (χ2v) is 5.92. The number of Topliss-reactive ketones (excluding diaryl/α,β-unsaturated/α-hetero) is 1. The summed E-state index contributed by atoms with van der Waals surface area (Å²) in [6.45, 7) is 9.65. The molecule has 0 aromatic heterocycles. The fourth-order valence-corrected chi connectivity index (χ4v) is 2.62. The van der Waals surface area contributed by atoms with Gasteiger partial charge in [-0.3, -0.25) is 14.2 Å². The molecule has 1 unspecified atom stereocenters. The van der Waals surface area contributed by atoms with Crippen LogP contribution in [0.3, 0.4) is 0 Å². The highest BCUT2D eigenvalue weighted by atomic mass is 16.4. The SMILES string of the molecule is CC(=O)C[N+]1(CC(=O)O)CCN(CCC(C)C)C1. The number of hydrogen-bond acceptors (Lipinski definition) is 3. The van der Waals surface area contributed by atoms with Crippen LogP contribution in [0, 0.1) is 5.92 Å². The smallest absolute Gasteiger partial charge is 0.359 e. The highest BCUT2D eigenvalue weighted by Crippen LogP contribution is 2.17. The Morgan fingerprint density at radius 2 is 2.00 bits per heavy atom. The number of carbonyl (C=O) groups is 2. The Labute approximate surface area is 109 Å². The van der Waals surface area contributed by atoms with Gasteiger partial charge in [0.15, 0.2) is 12.3 Å². The van der Waals surface area contributed by atoms with Gasteiger partial charge >= 0.3 is 5.97 Å². The lowest BCUT2D eigenvalue weighted by Crippen LogP contribution is -2.53. The van der Waals surface area contributed by atoms with E-state index in [-0.39, 0.29) is 12.3 Å². The van der Waals surface area contributed by atoms with Crippen molar-refractivity contribution < 1.29 is 19.2 Å². The molecule has 0 aliphatic carbocycles. The lowest BCUT2D eigenvalue weighted by Gasteiger charge is -2.31. The Kier molecular flexibility index (Phi) is 5.28. The van der Waals surface area contributed by atoms with E-state index in [9.17, 15) is 9.59 Å². The van der Waals surface area contributed by atoms with E-state index in [1.54, 1.807) is 6.92 Å². The molecule has 0 aromatic carbocycles. The van der Waals surface area contributed by atoms with E-state index < -0.39 is 5.97 Å². The molecule has 0 aromatic rings. The Bertz CT molecular complexity index is 299. The summed E-state index contributed by atoms with van der Waals surface area (Å²) in [4.78, 5) is 24.6. The van der Waals surface area contributed by atoms with E-state index in [0.717, 1.165) is 26.1 Å². The van der Waals surface area contributed by atoms with E-state index in [0.29, 0.717) is 23.6 Å². The van der Waals surface area contributed by atoms with Gasteiger partial charge in [-0.05, 0) is 12.3 Å². The molecule has 0 spiro atoms. The molecule has 1 atom stereocenters. The molecule has 0 amide bonds. The summed E-state index contributed by atoms with van der Waals surface area (Å²) >= 11 is 0. The summed E-state index contributed by atoms with van der Waals surface area (Å²) in [7, 11) is 0. The molecule has 0 bridgehead atoms. The Balaban J connectivity index is 2.59. The van der Waals surface area contributed by atoms with Crippen LogP contribution in [0.5, 0.6) is 0 Å². The Hall–Kier alpha value is -0.940. The number of aliphatic carboxylic acids is 1. The first-order valence-corrected chi connectivity index (χ1v) is 6.62. The number of carbonyl (C=O) groups excluding carboxylic acids is 1. The Morgan fingerprint density at radius 1 is 1.33 bits per heavy atom. The summed E-state index contributed by atoms with van der Waals surface area (Å²) in [5.74, 6) is -0.0938. The van der Waals surface area contributed by atoms with Gasteiger partial charge < -0.3 is 5.11 Å². The lowest BCUT2D eigenvalue weighted by molar-refractivity contribution is -0.906. The van der Waals surface area contributed by atoms with Crippen LogP contribution in [-0.4, -0.2) is 65.6 Å². The van der Waals surface area contributed by atoms with Crippen LogP contribution in [0.1, 0.15) is 27.2 Å². The molecule has 1 fully saturated rings. The summed E-state index contributed by atoms with van der Waals surface area (Å²) in [5.41, 5.74) is 0. The molecule has 5 heteroatoms. The van der Waals surface area contributed by atoms with Gasteiger partial charge in [0, 0.05) is 13.5 Å². The number of rotatable bonds is 7. The Morgan fingerprint density at radius 3 is 2.50 bits per heavy atom. The molecule has 1 aliphatic rings. The standard InChI is InChI=1S/C13H24N2O3/c1-11(2)4-5-14-6-7-15(10-14,8-12(3)16)9-13(17)18/h11H,4-10H2,1-3H3/p+1. The van der Waals surface area contributed by atoms with Gasteiger partial charge in [0.05, 0.1) is 13.1 Å². The number of hydrogen-bond donors (Lipinski definition) is 1. The molecule has 104 valence electrons. The van der Waals surface area contributed by atoms with E-state index in [4.69, 9.17) is 5.11 Å². The van der Waals surface area contributed by atoms with Gasteiger partial charge in [0.25, 0.3) is 0 Å². The quantitative estimate of drug-likeness (QED) is 0.685. The van der Waals surface area contributed by atoms with Crippen molar-refractivity contribution in [2.24, 2.45) is 5.92 Å². The summed E-state index contributed by atoms with van der Waals surface area (Å²) < 4.78 is 0.392. The van der Waals surface area contributed by atoms with E-state index in [2.05, 4.69) is 18.7 Å². The van der Waals surface area contributed by atoms with E-state index >= 15 is 0 Å². The van der Waals surface area contributed by atoms with Crippen LogP contribution in [0.2, 0.25) is 0 Å². The van der Waals surface area contributed by atoms with Crippen LogP contribution in [0.15, 0.2) is 0 Å². The molecule has 1 saturated heterocycles. The topological polar surface area (TPSA) is 57.6 Å². The minimum atomic E-state index is -0.818. The maximum Gasteiger partial charge on any atom is 0.359 e. The number of carboxylic acids is 1. The average molecular weight is 257 g/mol. The zero-order valence-electron chi connectivity index (χ0n) is 11.7. The van der Waals surface area contributed by atoms with E-state index in [1.165, 1.54) is 0 Å². The van der Waals surface area contributed by atoms with Crippen molar-refractivity contribution in [1.29, 1.82) is 0 Å². The molecule has 0 saturated carbocycles. The molecule has 18 heavy (non-hydrogen) atoms. The van der Waals surface area contributed by atoms with Gasteiger partial charge in [0.1, 0.15) is 13.2 Å². The predicted octanol–water partition coefficient (Wildman–Crippen LogP) is 0.796. The maximum atomic E-state index is 11.3. The van der Waals surface area contributed by atoms with Crippen molar-refractivity contribution in [2.75, 3.05) is 39.4 Å². The number of carboxylic acid groups (broad SMARTS) is 1. The van der Waals surface area contributed by atoms with Crippen LogP contribution in [0.4, 0.5) is 0 Å². The summed E-state index contributed by atoms with van der Waals surface area (Å²) in [6, 6.07) is 0. The number of ketones is 1. The second kappa shape index (κ2) is 6.29. The fraction of sp³-hybridized carbons (Fsp3) is 0.846. The number of quaternary nitrogens is 1. The molecule has 0 radical (unpaired) electrons. The van der Waals surface area contributed by atoms with Crippen molar-refractivity contribution in [3.63, 3.8) is 0 Å². The third kappa shape index (κ3) is 4.74. The molecule has 1 aliphatic heterocycles. The minimum absolute atomic E-state index is 0.0533. The number of nitrogens with zero attached hydrogens (tertiary/aromatic N) is 2. The monoisotopic (exact) mass is 257 g/mol. The van der Waals surface area contributed by atoms with Gasteiger partial charge in [-0.25, -0.2) is 4.79 Å². The maximum absolute atomic E-state index is 11.3. The van der Waals surface area contributed by atoms with Gasteiger partial charge in [0.2, 0.25) is 0 Å². The summed E-state index contributed by atoms with van der Waals surface area (Å²) in [6.07, 6.45) is 1.12. The van der Waals surface area contributed by atoms with Gasteiger partial charge in [-0.2, -0.15) is 0 Å². The lowest BCUT2D eigenvalue weighted by atomic mass is 10.1. The third-order valence-electron chi connectivity index (χ3n) is 3.44. The highest BCUT2D eigenvalue weighted by Gasteiger charge is 2.39. The van der Waals surface area contributed by atoms with Gasteiger partial charge in [-0.15, -0.1) is 0 Å². The van der Waals surface area contributed by atoms with Crippen molar-refractivity contribution >= 4 is 11.8 Å². The predicted molar refractivity (Wildman–Crippen MR) is 69.1 cm³/mol. The van der Waals surface area contributed by atoms with Crippen LogP contribution in [0.25, 0.3) is 0 Å². The average Bonchev–Trinajstić information content (AvgIpc) is 2.56. The summed E-state index contributed by atoms with van der Waals surface area (Å²) in [5, 5.41) is 9.01. The highest BCUT2D eigenvalue weighted by molar-refractivity contribution is 5.77. The molecular weight excluding hydrogens is 232 g/mol. The molecular formula is C13H25N2O3+. The third-order valence-corrected chi connectivity index (χ3v) is 3.44. The largest absolute Gasteiger partial charge is 0.477 e. The van der Waals surface area contributed by atoms with E-state index in [1.807, 2.05) is 0 Å². The van der Waals surface area contributed by atoms with Crippen LogP contribution in [-0.2, 0) is 9.59 Å². The molecule has 1 N–H and O–H groups in total. The molecule has 1 rings (SSSR count). The first-order chi connectivity index (χ1) is 8.33. The first kappa shape index (κ1) is 15.1. The zero-order chi connectivity index (χ0) is 13.8. The zero-order valence-corrected chi connectivity index (χ0v) is 11.7. The normalized spacial score (nSPS) is 24.7. The second-order valence-electron chi connectivity index (χ2n) is 5.92. The molecule has 5 nitrogen and oxygen atoms in total.